The predicted molar refractivity (Wildman–Crippen MR) is 61.6 cm³/mol. The normalized spacial score (nSPS) is 12.5. The molecule has 2 N–H and O–H groups in total. The molecule has 0 spiro atoms. The lowest BCUT2D eigenvalue weighted by molar-refractivity contribution is 0.593. The van der Waals surface area contributed by atoms with Crippen LogP contribution in [0.3, 0.4) is 0 Å². The average Bonchev–Trinajstić information content (AvgIpc) is 2.29. The number of aromatic nitrogens is 1. The highest BCUT2D eigenvalue weighted by atomic mass is 35.5. The van der Waals surface area contributed by atoms with E-state index in [0.29, 0.717) is 10.7 Å². The number of benzene rings is 1. The van der Waals surface area contributed by atoms with Crippen LogP contribution in [0.5, 0.6) is 0 Å². The summed E-state index contributed by atoms with van der Waals surface area (Å²) in [5.74, 6) is -0.964. The van der Waals surface area contributed by atoms with Gasteiger partial charge in [-0.25, -0.2) is 8.78 Å². The van der Waals surface area contributed by atoms with Crippen molar-refractivity contribution in [2.24, 2.45) is 5.73 Å². The Morgan fingerprint density at radius 2 is 1.94 bits per heavy atom. The minimum absolute atomic E-state index is 0.272. The monoisotopic (exact) mass is 254 g/mol. The van der Waals surface area contributed by atoms with Crippen molar-refractivity contribution < 1.29 is 8.78 Å². The lowest BCUT2D eigenvalue weighted by Crippen LogP contribution is -2.15. The van der Waals surface area contributed by atoms with Gasteiger partial charge in [0.05, 0.1) is 17.9 Å². The molecule has 1 aromatic carbocycles. The molecule has 1 heterocycles. The molecule has 2 aromatic rings. The average molecular weight is 255 g/mol. The Kier molecular flexibility index (Phi) is 3.36. The van der Waals surface area contributed by atoms with E-state index in [1.807, 2.05) is 0 Å². The van der Waals surface area contributed by atoms with E-state index in [1.54, 1.807) is 6.07 Å². The first kappa shape index (κ1) is 12.0. The zero-order valence-electron chi connectivity index (χ0n) is 8.70. The molecule has 88 valence electrons. The number of hydrogen-bond donors (Lipinski definition) is 1. The first-order valence-corrected chi connectivity index (χ1v) is 5.27. The fourth-order valence-corrected chi connectivity index (χ4v) is 1.64. The zero-order valence-corrected chi connectivity index (χ0v) is 9.46. The molecule has 17 heavy (non-hydrogen) atoms. The van der Waals surface area contributed by atoms with Crippen LogP contribution in [0.25, 0.3) is 0 Å². The van der Waals surface area contributed by atoms with Crippen LogP contribution >= 0.6 is 11.6 Å². The van der Waals surface area contributed by atoms with Gasteiger partial charge in [0.25, 0.3) is 0 Å². The summed E-state index contributed by atoms with van der Waals surface area (Å²) < 4.78 is 26.3. The molecule has 0 saturated heterocycles. The number of hydrogen-bond acceptors (Lipinski definition) is 2. The van der Waals surface area contributed by atoms with E-state index in [4.69, 9.17) is 17.3 Å². The largest absolute Gasteiger partial charge is 0.319 e. The fourth-order valence-electron chi connectivity index (χ4n) is 1.48. The highest BCUT2D eigenvalue weighted by Crippen LogP contribution is 2.23. The summed E-state index contributed by atoms with van der Waals surface area (Å²) in [6.45, 7) is 0. The van der Waals surface area contributed by atoms with Gasteiger partial charge < -0.3 is 5.73 Å². The van der Waals surface area contributed by atoms with Gasteiger partial charge in [-0.15, -0.1) is 0 Å². The lowest BCUT2D eigenvalue weighted by Gasteiger charge is -2.12. The molecular formula is C12H9ClF2N2. The third-order valence-electron chi connectivity index (χ3n) is 2.37. The van der Waals surface area contributed by atoms with Crippen LogP contribution in [-0.2, 0) is 0 Å². The molecule has 5 heteroatoms. The van der Waals surface area contributed by atoms with Crippen molar-refractivity contribution >= 4 is 11.6 Å². The van der Waals surface area contributed by atoms with E-state index in [2.05, 4.69) is 4.98 Å². The van der Waals surface area contributed by atoms with E-state index in [-0.39, 0.29) is 5.56 Å². The molecule has 0 aliphatic heterocycles. The van der Waals surface area contributed by atoms with Crippen molar-refractivity contribution in [2.45, 2.75) is 6.04 Å². The topological polar surface area (TPSA) is 38.9 Å². The standard InChI is InChI=1S/C12H9ClF2N2/c13-7-1-3-9(10(15)5-7)12(16)11-4-2-8(14)6-17-11/h1-6,12H,16H2. The Balaban J connectivity index is 2.36. The van der Waals surface area contributed by atoms with Crippen LogP contribution in [0.4, 0.5) is 8.78 Å². The third-order valence-corrected chi connectivity index (χ3v) is 2.60. The second-order valence-corrected chi connectivity index (χ2v) is 3.98. The van der Waals surface area contributed by atoms with E-state index in [0.717, 1.165) is 6.20 Å². The maximum Gasteiger partial charge on any atom is 0.141 e. The first-order chi connectivity index (χ1) is 8.08. The van der Waals surface area contributed by atoms with Gasteiger partial charge in [-0.05, 0) is 24.3 Å². The fraction of sp³-hybridized carbons (Fsp3) is 0.0833. The number of nitrogens with two attached hydrogens (primary N) is 1. The first-order valence-electron chi connectivity index (χ1n) is 4.90. The quantitative estimate of drug-likeness (QED) is 0.895. The van der Waals surface area contributed by atoms with Gasteiger partial charge in [0.15, 0.2) is 0 Å². The van der Waals surface area contributed by atoms with Crippen LogP contribution in [0.2, 0.25) is 5.02 Å². The number of rotatable bonds is 2. The molecule has 1 aromatic heterocycles. The van der Waals surface area contributed by atoms with Crippen LogP contribution in [0, 0.1) is 11.6 Å². The Hall–Kier alpha value is -1.52. The van der Waals surface area contributed by atoms with Crippen LogP contribution < -0.4 is 5.73 Å². The lowest BCUT2D eigenvalue weighted by atomic mass is 10.0. The summed E-state index contributed by atoms with van der Waals surface area (Å²) in [4.78, 5) is 3.82. The Bertz CT molecular complexity index is 529. The summed E-state index contributed by atoms with van der Waals surface area (Å²) in [5, 5.41) is 0.297. The molecule has 1 atom stereocenters. The Labute approximate surface area is 102 Å². The molecule has 0 aliphatic rings. The Morgan fingerprint density at radius 1 is 1.18 bits per heavy atom. The summed E-state index contributed by atoms with van der Waals surface area (Å²) in [5.41, 5.74) is 6.52. The third kappa shape index (κ3) is 2.60. The van der Waals surface area contributed by atoms with Gasteiger partial charge in [-0.3, -0.25) is 4.98 Å². The molecule has 0 saturated carbocycles. The molecule has 0 radical (unpaired) electrons. The molecule has 0 amide bonds. The van der Waals surface area contributed by atoms with E-state index in [1.165, 1.54) is 24.3 Å². The molecule has 2 rings (SSSR count). The van der Waals surface area contributed by atoms with Crippen LogP contribution in [0.1, 0.15) is 17.3 Å². The van der Waals surface area contributed by atoms with Crippen molar-refractivity contribution in [3.05, 3.63) is 64.4 Å². The molecule has 0 fully saturated rings. The van der Waals surface area contributed by atoms with Crippen LogP contribution in [-0.4, -0.2) is 4.98 Å². The van der Waals surface area contributed by atoms with Crippen LogP contribution in [0.15, 0.2) is 36.5 Å². The van der Waals surface area contributed by atoms with Gasteiger partial charge >= 0.3 is 0 Å². The highest BCUT2D eigenvalue weighted by Gasteiger charge is 2.15. The second-order valence-electron chi connectivity index (χ2n) is 3.54. The minimum atomic E-state index is -0.743. The summed E-state index contributed by atoms with van der Waals surface area (Å²) in [6.07, 6.45) is 1.04. The van der Waals surface area contributed by atoms with Gasteiger partial charge in [-0.1, -0.05) is 17.7 Å². The number of pyridine rings is 1. The summed E-state index contributed by atoms with van der Waals surface area (Å²) >= 11 is 5.64. The van der Waals surface area contributed by atoms with E-state index in [9.17, 15) is 8.78 Å². The second kappa shape index (κ2) is 4.77. The zero-order chi connectivity index (χ0) is 12.4. The molecule has 1 unspecified atom stereocenters. The highest BCUT2D eigenvalue weighted by molar-refractivity contribution is 6.30. The summed E-state index contributed by atoms with van der Waals surface area (Å²) in [7, 11) is 0. The Morgan fingerprint density at radius 3 is 2.53 bits per heavy atom. The summed E-state index contributed by atoms with van der Waals surface area (Å²) in [6, 6.07) is 6.13. The molecule has 0 aliphatic carbocycles. The molecular weight excluding hydrogens is 246 g/mol. The van der Waals surface area contributed by atoms with Crippen molar-refractivity contribution in [2.75, 3.05) is 0 Å². The van der Waals surface area contributed by atoms with Crippen molar-refractivity contribution in [3.8, 4) is 0 Å². The number of nitrogens with zero attached hydrogens (tertiary/aromatic N) is 1. The van der Waals surface area contributed by atoms with Gasteiger partial charge in [0, 0.05) is 10.6 Å². The maximum absolute atomic E-state index is 13.6. The van der Waals surface area contributed by atoms with Gasteiger partial charge in [0.2, 0.25) is 0 Å². The van der Waals surface area contributed by atoms with Gasteiger partial charge in [0.1, 0.15) is 11.6 Å². The predicted octanol–water partition coefficient (Wildman–Crippen LogP) is 3.06. The van der Waals surface area contributed by atoms with Crippen molar-refractivity contribution in [1.82, 2.24) is 4.98 Å². The number of halogens is 3. The van der Waals surface area contributed by atoms with Crippen molar-refractivity contribution in [1.29, 1.82) is 0 Å². The van der Waals surface area contributed by atoms with E-state index < -0.39 is 17.7 Å². The smallest absolute Gasteiger partial charge is 0.141 e. The van der Waals surface area contributed by atoms with Crippen molar-refractivity contribution in [3.63, 3.8) is 0 Å². The minimum Gasteiger partial charge on any atom is -0.319 e. The molecule has 2 nitrogen and oxygen atoms in total. The maximum atomic E-state index is 13.6. The SMILES string of the molecule is NC(c1ccc(F)cn1)c1ccc(Cl)cc1F. The van der Waals surface area contributed by atoms with Gasteiger partial charge in [-0.2, -0.15) is 0 Å². The molecule has 0 bridgehead atoms. The van der Waals surface area contributed by atoms with E-state index >= 15 is 0 Å².